The van der Waals surface area contributed by atoms with Crippen molar-refractivity contribution in [3.63, 3.8) is 0 Å². The zero-order valence-corrected chi connectivity index (χ0v) is 11.0. The maximum absolute atomic E-state index is 6.01. The third-order valence-electron chi connectivity index (χ3n) is 1.84. The molecule has 0 spiro atoms. The number of hydrogen-bond donors (Lipinski definition) is 1. The molecule has 16 heavy (non-hydrogen) atoms. The molecule has 1 heterocycles. The van der Waals surface area contributed by atoms with Gasteiger partial charge in [-0.05, 0) is 39.7 Å². The van der Waals surface area contributed by atoms with Crippen LogP contribution in [0.1, 0.15) is 0 Å². The molecule has 0 aliphatic carbocycles. The van der Waals surface area contributed by atoms with Crippen LogP contribution in [-0.2, 0) is 0 Å². The molecule has 1 aromatic heterocycles. The highest BCUT2D eigenvalue weighted by molar-refractivity contribution is 9.10. The Morgan fingerprint density at radius 1 is 1.19 bits per heavy atom. The molecule has 2 rings (SSSR count). The monoisotopic (exact) mass is 317 g/mol. The van der Waals surface area contributed by atoms with Crippen molar-refractivity contribution in [1.82, 2.24) is 9.97 Å². The van der Waals surface area contributed by atoms with E-state index in [4.69, 9.17) is 23.2 Å². The van der Waals surface area contributed by atoms with Crippen molar-refractivity contribution >= 4 is 50.6 Å². The second kappa shape index (κ2) is 4.99. The summed E-state index contributed by atoms with van der Waals surface area (Å²) < 4.78 is 0.719. The van der Waals surface area contributed by atoms with Gasteiger partial charge < -0.3 is 5.32 Å². The van der Waals surface area contributed by atoms with Crippen LogP contribution < -0.4 is 5.32 Å². The molecule has 6 heteroatoms. The van der Waals surface area contributed by atoms with Gasteiger partial charge in [0.1, 0.15) is 5.82 Å². The summed E-state index contributed by atoms with van der Waals surface area (Å²) in [5.41, 5.74) is 0.764. The molecule has 3 nitrogen and oxygen atoms in total. The van der Waals surface area contributed by atoms with E-state index in [2.05, 4.69) is 31.2 Å². The number of hydrogen-bond acceptors (Lipinski definition) is 3. The molecule has 0 aliphatic heterocycles. The highest BCUT2D eigenvalue weighted by Crippen LogP contribution is 2.28. The van der Waals surface area contributed by atoms with Gasteiger partial charge in [-0.3, -0.25) is 0 Å². The highest BCUT2D eigenvalue weighted by atomic mass is 79.9. The SMILES string of the molecule is Clc1ncc(Br)c(Nc2ccccc2Cl)n1. The fourth-order valence-corrected chi connectivity index (χ4v) is 1.73. The van der Waals surface area contributed by atoms with Crippen LogP contribution in [0.4, 0.5) is 11.5 Å². The number of nitrogens with one attached hydrogen (secondary N) is 1. The van der Waals surface area contributed by atoms with E-state index in [1.165, 1.54) is 0 Å². The Kier molecular flexibility index (Phi) is 3.63. The number of benzene rings is 1. The first kappa shape index (κ1) is 11.6. The Morgan fingerprint density at radius 3 is 2.69 bits per heavy atom. The second-order valence-corrected chi connectivity index (χ2v) is 4.54. The van der Waals surface area contributed by atoms with Gasteiger partial charge in [0.25, 0.3) is 0 Å². The predicted molar refractivity (Wildman–Crippen MR) is 69.5 cm³/mol. The maximum atomic E-state index is 6.01. The topological polar surface area (TPSA) is 37.8 Å². The lowest BCUT2D eigenvalue weighted by Gasteiger charge is -2.08. The number of aromatic nitrogens is 2. The normalized spacial score (nSPS) is 10.2. The first-order chi connectivity index (χ1) is 7.66. The van der Waals surface area contributed by atoms with Crippen LogP contribution in [0.25, 0.3) is 0 Å². The first-order valence-corrected chi connectivity index (χ1v) is 5.91. The van der Waals surface area contributed by atoms with Crippen LogP contribution in [0.3, 0.4) is 0 Å². The Hall–Kier alpha value is -0.840. The Bertz CT molecular complexity index is 519. The first-order valence-electron chi connectivity index (χ1n) is 4.36. The Morgan fingerprint density at radius 2 is 1.94 bits per heavy atom. The molecule has 0 amide bonds. The van der Waals surface area contributed by atoms with E-state index in [-0.39, 0.29) is 5.28 Å². The molecule has 1 aromatic carbocycles. The lowest BCUT2D eigenvalue weighted by atomic mass is 10.3. The van der Waals surface area contributed by atoms with E-state index < -0.39 is 0 Å². The van der Waals surface area contributed by atoms with Crippen LogP contribution in [0.5, 0.6) is 0 Å². The second-order valence-electron chi connectivity index (χ2n) is 2.94. The van der Waals surface area contributed by atoms with Crippen molar-refractivity contribution in [3.05, 3.63) is 45.2 Å². The van der Waals surface area contributed by atoms with Gasteiger partial charge in [0, 0.05) is 6.20 Å². The summed E-state index contributed by atoms with van der Waals surface area (Å²) in [6.45, 7) is 0. The van der Waals surface area contributed by atoms with E-state index >= 15 is 0 Å². The summed E-state index contributed by atoms with van der Waals surface area (Å²) in [7, 11) is 0. The third kappa shape index (κ3) is 2.64. The van der Waals surface area contributed by atoms with Crippen molar-refractivity contribution < 1.29 is 0 Å². The minimum Gasteiger partial charge on any atom is -0.338 e. The lowest BCUT2D eigenvalue weighted by Crippen LogP contribution is -1.96. The summed E-state index contributed by atoms with van der Waals surface area (Å²) in [6.07, 6.45) is 1.58. The smallest absolute Gasteiger partial charge is 0.224 e. The summed E-state index contributed by atoms with van der Waals surface area (Å²) in [6, 6.07) is 7.38. The number of nitrogens with zero attached hydrogens (tertiary/aromatic N) is 2. The Labute approximate surface area is 111 Å². The molecule has 0 aliphatic rings. The maximum Gasteiger partial charge on any atom is 0.224 e. The molecule has 0 atom stereocenters. The Balaban J connectivity index is 2.34. The molecule has 0 bridgehead atoms. The van der Waals surface area contributed by atoms with Crippen molar-refractivity contribution in [2.45, 2.75) is 0 Å². The molecular weight excluding hydrogens is 313 g/mol. The van der Waals surface area contributed by atoms with Crippen molar-refractivity contribution in [3.8, 4) is 0 Å². The van der Waals surface area contributed by atoms with Crippen molar-refractivity contribution in [1.29, 1.82) is 0 Å². The van der Waals surface area contributed by atoms with Crippen LogP contribution in [0.15, 0.2) is 34.9 Å². The number of rotatable bonds is 2. The third-order valence-corrected chi connectivity index (χ3v) is 2.93. The molecule has 0 unspecified atom stereocenters. The van der Waals surface area contributed by atoms with Gasteiger partial charge in [-0.25, -0.2) is 4.98 Å². The van der Waals surface area contributed by atoms with Crippen molar-refractivity contribution in [2.24, 2.45) is 0 Å². The van der Waals surface area contributed by atoms with E-state index in [1.54, 1.807) is 12.3 Å². The summed E-state index contributed by atoms with van der Waals surface area (Å²) in [5, 5.41) is 3.86. The van der Waals surface area contributed by atoms with Crippen molar-refractivity contribution in [2.75, 3.05) is 5.32 Å². The standard InChI is InChI=1S/C10H6BrCl2N3/c11-6-5-14-10(13)16-9(6)15-8-4-2-1-3-7(8)12/h1-5H,(H,14,15,16). The number of halogens is 3. The predicted octanol–water partition coefficient (Wildman–Crippen LogP) is 4.29. The fraction of sp³-hybridized carbons (Fsp3) is 0. The number of para-hydroxylation sites is 1. The highest BCUT2D eigenvalue weighted by Gasteiger charge is 2.05. The molecule has 0 radical (unpaired) electrons. The minimum absolute atomic E-state index is 0.178. The van der Waals surface area contributed by atoms with Crippen LogP contribution >= 0.6 is 39.1 Å². The number of anilines is 2. The molecule has 0 saturated carbocycles. The quantitative estimate of drug-likeness (QED) is 0.839. The largest absolute Gasteiger partial charge is 0.338 e. The van der Waals surface area contributed by atoms with Gasteiger partial charge in [-0.15, -0.1) is 0 Å². The molecule has 0 saturated heterocycles. The summed E-state index contributed by atoms with van der Waals surface area (Å²) in [4.78, 5) is 7.88. The lowest BCUT2D eigenvalue weighted by molar-refractivity contribution is 1.15. The zero-order chi connectivity index (χ0) is 11.5. The van der Waals surface area contributed by atoms with Crippen LogP contribution in [0, 0.1) is 0 Å². The van der Waals surface area contributed by atoms with E-state index in [0.717, 1.165) is 10.2 Å². The van der Waals surface area contributed by atoms with Gasteiger partial charge in [-0.2, -0.15) is 4.98 Å². The molecule has 0 fully saturated rings. The van der Waals surface area contributed by atoms with Gasteiger partial charge in [0.15, 0.2) is 0 Å². The van der Waals surface area contributed by atoms with Crippen LogP contribution in [0.2, 0.25) is 10.3 Å². The minimum atomic E-state index is 0.178. The molecule has 82 valence electrons. The molecule has 1 N–H and O–H groups in total. The average Bonchev–Trinajstić information content (AvgIpc) is 2.27. The van der Waals surface area contributed by atoms with Gasteiger partial charge in [0.2, 0.25) is 5.28 Å². The van der Waals surface area contributed by atoms with E-state index in [0.29, 0.717) is 10.8 Å². The van der Waals surface area contributed by atoms with Gasteiger partial charge >= 0.3 is 0 Å². The fourth-order valence-electron chi connectivity index (χ4n) is 1.12. The van der Waals surface area contributed by atoms with E-state index in [1.807, 2.05) is 18.2 Å². The van der Waals surface area contributed by atoms with Gasteiger partial charge in [0.05, 0.1) is 15.2 Å². The van der Waals surface area contributed by atoms with Crippen LogP contribution in [-0.4, -0.2) is 9.97 Å². The summed E-state index contributed by atoms with van der Waals surface area (Å²) in [5.74, 6) is 0.577. The zero-order valence-electron chi connectivity index (χ0n) is 7.92. The average molecular weight is 319 g/mol. The molecular formula is C10H6BrCl2N3. The van der Waals surface area contributed by atoms with E-state index in [9.17, 15) is 0 Å². The van der Waals surface area contributed by atoms with Gasteiger partial charge in [-0.1, -0.05) is 23.7 Å². The molecule has 2 aromatic rings. The summed E-state index contributed by atoms with van der Waals surface area (Å²) >= 11 is 15.0.